The molecule has 0 unspecified atom stereocenters. The van der Waals surface area contributed by atoms with E-state index in [-0.39, 0.29) is 35.2 Å². The molecule has 3 rings (SSSR count). The minimum absolute atomic E-state index is 0.00494. The Labute approximate surface area is 159 Å². The largest absolute Gasteiger partial charge is 0.480 e. The molecule has 2 aliphatic rings. The predicted molar refractivity (Wildman–Crippen MR) is 96.7 cm³/mol. The Balaban J connectivity index is 1.77. The van der Waals surface area contributed by atoms with E-state index in [0.717, 1.165) is 5.56 Å². The van der Waals surface area contributed by atoms with Crippen LogP contribution < -0.4 is 0 Å². The van der Waals surface area contributed by atoms with E-state index in [1.165, 1.54) is 23.9 Å². The molecule has 0 radical (unpaired) electrons. The molecule has 1 aromatic carbocycles. The highest BCUT2D eigenvalue weighted by Crippen LogP contribution is 2.39. The molecule has 2 heterocycles. The molecule has 0 bridgehead atoms. The zero-order valence-electron chi connectivity index (χ0n) is 14.1. The molecule has 1 amide bonds. The number of amidine groups is 1. The number of carboxylic acids is 1. The molecule has 0 spiro atoms. The van der Waals surface area contributed by atoms with Gasteiger partial charge in [0.15, 0.2) is 15.0 Å². The molecule has 1 N–H and O–H groups in total. The number of thioether (sulfide) groups is 1. The standard InChI is InChI=1S/C16H17FN2O6S2/c17-11-3-1-10(2-4-11)5-19-12-8-27(23,24)9-13(12)26-16(19)18-14(20)6-25-7-15(21)22/h1-4,12-13H,5-9H2,(H,21,22)/t12-,13-/m1/s1. The van der Waals surface area contributed by atoms with E-state index >= 15 is 0 Å². The normalized spacial score (nSPS) is 24.9. The number of ether oxygens (including phenoxy) is 1. The number of carbonyl (C=O) groups excluding carboxylic acids is 1. The van der Waals surface area contributed by atoms with Crippen LogP contribution in [-0.2, 0) is 30.7 Å². The van der Waals surface area contributed by atoms with Crippen LogP contribution in [0.2, 0.25) is 0 Å². The number of carbonyl (C=O) groups is 2. The fourth-order valence-corrected chi connectivity index (χ4v) is 6.94. The van der Waals surface area contributed by atoms with Crippen LogP contribution in [0.1, 0.15) is 5.56 Å². The average molecular weight is 416 g/mol. The molecule has 2 saturated heterocycles. The third-order valence-electron chi connectivity index (χ3n) is 4.11. The second-order valence-corrected chi connectivity index (χ2v) is 9.59. The first-order valence-corrected chi connectivity index (χ1v) is 10.7. The van der Waals surface area contributed by atoms with Gasteiger partial charge in [0.1, 0.15) is 19.0 Å². The van der Waals surface area contributed by atoms with Crippen molar-refractivity contribution in [2.45, 2.75) is 17.8 Å². The van der Waals surface area contributed by atoms with Gasteiger partial charge in [0, 0.05) is 11.8 Å². The minimum atomic E-state index is -3.17. The number of hydrogen-bond donors (Lipinski definition) is 1. The van der Waals surface area contributed by atoms with Crippen molar-refractivity contribution in [3.63, 3.8) is 0 Å². The van der Waals surface area contributed by atoms with E-state index in [4.69, 9.17) is 9.84 Å². The van der Waals surface area contributed by atoms with Crippen LogP contribution in [0, 0.1) is 5.82 Å². The van der Waals surface area contributed by atoms with Crippen LogP contribution in [0.15, 0.2) is 29.3 Å². The molecule has 146 valence electrons. The van der Waals surface area contributed by atoms with Crippen molar-refractivity contribution >= 4 is 38.6 Å². The predicted octanol–water partition coefficient (Wildman–Crippen LogP) is 0.524. The summed E-state index contributed by atoms with van der Waals surface area (Å²) in [7, 11) is -3.17. The number of hydrogen-bond acceptors (Lipinski definition) is 6. The van der Waals surface area contributed by atoms with E-state index < -0.39 is 34.9 Å². The summed E-state index contributed by atoms with van der Waals surface area (Å²) in [4.78, 5) is 28.1. The number of amides is 1. The van der Waals surface area contributed by atoms with Gasteiger partial charge in [-0.3, -0.25) is 4.79 Å². The van der Waals surface area contributed by atoms with Gasteiger partial charge in [-0.2, -0.15) is 4.99 Å². The SMILES string of the molecule is O=C(O)COCC(=O)N=C1S[C@@H]2CS(=O)(=O)C[C@H]2N1Cc1ccc(F)cc1. The number of carboxylic acid groups (broad SMARTS) is 1. The lowest BCUT2D eigenvalue weighted by atomic mass is 10.1. The van der Waals surface area contributed by atoms with Crippen molar-refractivity contribution in [2.24, 2.45) is 4.99 Å². The van der Waals surface area contributed by atoms with E-state index in [2.05, 4.69) is 4.99 Å². The fourth-order valence-electron chi connectivity index (χ4n) is 2.97. The van der Waals surface area contributed by atoms with E-state index in [1.54, 1.807) is 17.0 Å². The van der Waals surface area contributed by atoms with Crippen molar-refractivity contribution < 1.29 is 32.2 Å². The van der Waals surface area contributed by atoms with Crippen LogP contribution in [0.5, 0.6) is 0 Å². The highest BCUT2D eigenvalue weighted by molar-refractivity contribution is 8.15. The number of rotatable bonds is 6. The Bertz CT molecular complexity index is 871. The summed E-state index contributed by atoms with van der Waals surface area (Å²) in [6.45, 7) is -0.799. The first-order chi connectivity index (χ1) is 12.7. The summed E-state index contributed by atoms with van der Waals surface area (Å²) in [5, 5.41) is 8.66. The van der Waals surface area contributed by atoms with Crippen LogP contribution in [0.4, 0.5) is 4.39 Å². The van der Waals surface area contributed by atoms with Gasteiger partial charge in [-0.1, -0.05) is 23.9 Å². The van der Waals surface area contributed by atoms with Crippen LogP contribution >= 0.6 is 11.8 Å². The Morgan fingerprint density at radius 3 is 2.63 bits per heavy atom. The van der Waals surface area contributed by atoms with Crippen LogP contribution in [0.3, 0.4) is 0 Å². The Morgan fingerprint density at radius 2 is 1.96 bits per heavy atom. The number of fused-ring (bicyclic) bond motifs is 1. The lowest BCUT2D eigenvalue weighted by Gasteiger charge is -2.24. The van der Waals surface area contributed by atoms with Crippen molar-refractivity contribution in [1.29, 1.82) is 0 Å². The molecule has 0 aliphatic carbocycles. The van der Waals surface area contributed by atoms with Crippen molar-refractivity contribution in [3.05, 3.63) is 35.6 Å². The summed E-state index contributed by atoms with van der Waals surface area (Å²) in [5.74, 6) is -2.25. The third kappa shape index (κ3) is 5.05. The molecular formula is C16H17FN2O6S2. The molecule has 0 aromatic heterocycles. The monoisotopic (exact) mass is 416 g/mol. The molecule has 27 heavy (non-hydrogen) atoms. The Kier molecular flexibility index (Phi) is 5.82. The van der Waals surface area contributed by atoms with Crippen molar-refractivity contribution in [1.82, 2.24) is 4.90 Å². The van der Waals surface area contributed by atoms with Gasteiger partial charge >= 0.3 is 5.97 Å². The Morgan fingerprint density at radius 1 is 1.26 bits per heavy atom. The third-order valence-corrected chi connectivity index (χ3v) is 7.36. The quantitative estimate of drug-likeness (QED) is 0.714. The number of nitrogens with zero attached hydrogens (tertiary/aromatic N) is 2. The highest BCUT2D eigenvalue weighted by atomic mass is 32.2. The summed E-state index contributed by atoms with van der Waals surface area (Å²) in [5.41, 5.74) is 0.754. The molecule has 1 aromatic rings. The van der Waals surface area contributed by atoms with Gasteiger partial charge in [0.25, 0.3) is 5.91 Å². The molecule has 2 aliphatic heterocycles. The number of aliphatic imine (C=N–C) groups is 1. The molecule has 11 heteroatoms. The lowest BCUT2D eigenvalue weighted by Crippen LogP contribution is -2.37. The molecule has 0 saturated carbocycles. The summed E-state index contributed by atoms with van der Waals surface area (Å²) in [6, 6.07) is 5.47. The second kappa shape index (κ2) is 7.95. The maximum Gasteiger partial charge on any atom is 0.329 e. The number of aliphatic carboxylic acids is 1. The first-order valence-electron chi connectivity index (χ1n) is 8.03. The maximum absolute atomic E-state index is 13.1. The van der Waals surface area contributed by atoms with Gasteiger partial charge in [-0.25, -0.2) is 17.6 Å². The molecule has 8 nitrogen and oxygen atoms in total. The Hall–Kier alpha value is -1.98. The lowest BCUT2D eigenvalue weighted by molar-refractivity contribution is -0.143. The average Bonchev–Trinajstić information content (AvgIpc) is 3.02. The summed E-state index contributed by atoms with van der Waals surface area (Å²) < 4.78 is 41.8. The number of benzene rings is 1. The van der Waals surface area contributed by atoms with Gasteiger partial charge < -0.3 is 14.7 Å². The maximum atomic E-state index is 13.1. The summed E-state index contributed by atoms with van der Waals surface area (Å²) in [6.07, 6.45) is 0. The zero-order chi connectivity index (χ0) is 19.6. The number of sulfone groups is 1. The van der Waals surface area contributed by atoms with E-state index in [1.807, 2.05) is 0 Å². The van der Waals surface area contributed by atoms with Gasteiger partial charge in [-0.05, 0) is 17.7 Å². The molecule has 2 atom stereocenters. The van der Waals surface area contributed by atoms with Gasteiger partial charge in [0.05, 0.1) is 17.5 Å². The first kappa shape index (κ1) is 19.8. The van der Waals surface area contributed by atoms with Gasteiger partial charge in [-0.15, -0.1) is 0 Å². The highest BCUT2D eigenvalue weighted by Gasteiger charge is 2.48. The number of halogens is 1. The van der Waals surface area contributed by atoms with Crippen LogP contribution in [0.25, 0.3) is 0 Å². The minimum Gasteiger partial charge on any atom is -0.480 e. The summed E-state index contributed by atoms with van der Waals surface area (Å²) >= 11 is 1.21. The molecule has 2 fully saturated rings. The fraction of sp³-hybridized carbons (Fsp3) is 0.438. The second-order valence-electron chi connectivity index (χ2n) is 6.23. The van der Waals surface area contributed by atoms with Crippen molar-refractivity contribution in [3.8, 4) is 0 Å². The zero-order valence-corrected chi connectivity index (χ0v) is 15.7. The smallest absolute Gasteiger partial charge is 0.329 e. The van der Waals surface area contributed by atoms with E-state index in [0.29, 0.717) is 5.17 Å². The van der Waals surface area contributed by atoms with Gasteiger partial charge in [0.2, 0.25) is 0 Å². The van der Waals surface area contributed by atoms with E-state index in [9.17, 15) is 22.4 Å². The topological polar surface area (TPSA) is 113 Å². The molecular weight excluding hydrogens is 399 g/mol. The van der Waals surface area contributed by atoms with Crippen molar-refractivity contribution in [2.75, 3.05) is 24.7 Å². The van der Waals surface area contributed by atoms with Crippen LogP contribution in [-0.4, -0.2) is 71.5 Å².